The van der Waals surface area contributed by atoms with Crippen LogP contribution in [0.2, 0.25) is 0 Å². The summed E-state index contributed by atoms with van der Waals surface area (Å²) in [5.41, 5.74) is 0.942. The van der Waals surface area contributed by atoms with Crippen LogP contribution < -0.4 is 14.8 Å². The van der Waals surface area contributed by atoms with Crippen molar-refractivity contribution in [1.82, 2.24) is 14.3 Å². The molecule has 2 heterocycles. The first kappa shape index (κ1) is 19.3. The zero-order valence-electron chi connectivity index (χ0n) is 16.4. The van der Waals surface area contributed by atoms with Crippen LogP contribution in [-0.2, 0) is 0 Å². The third kappa shape index (κ3) is 3.50. The van der Waals surface area contributed by atoms with E-state index in [2.05, 4.69) is 10.4 Å². The summed E-state index contributed by atoms with van der Waals surface area (Å²) in [4.78, 5) is 13.2. The Morgan fingerprint density at radius 1 is 1.03 bits per heavy atom. The van der Waals surface area contributed by atoms with Gasteiger partial charge in [-0.05, 0) is 36.4 Å². The van der Waals surface area contributed by atoms with E-state index in [-0.39, 0.29) is 11.3 Å². The molecule has 8 heteroatoms. The molecule has 4 rings (SSSR count). The molecular weight excluding hydrogens is 387 g/mol. The Morgan fingerprint density at radius 2 is 1.80 bits per heavy atom. The number of amides is 1. The maximum Gasteiger partial charge on any atom is 0.261 e. The van der Waals surface area contributed by atoms with Gasteiger partial charge in [-0.1, -0.05) is 12.1 Å². The summed E-state index contributed by atoms with van der Waals surface area (Å²) in [5, 5.41) is 7.11. The first-order valence-corrected chi connectivity index (χ1v) is 9.12. The number of methoxy groups -OCH3 is 2. The molecule has 0 saturated heterocycles. The highest BCUT2D eigenvalue weighted by Gasteiger charge is 2.22. The van der Waals surface area contributed by atoms with Crippen LogP contribution in [0.25, 0.3) is 11.5 Å². The number of hydrogen-bond donors (Lipinski definition) is 1. The number of hydrogen-bond acceptors (Lipinski definition) is 4. The first-order chi connectivity index (χ1) is 14.6. The highest BCUT2D eigenvalue weighted by atomic mass is 19.1. The topological polar surface area (TPSA) is 70.3 Å². The number of nitrogens with zero attached hydrogens (tertiary/aromatic N) is 3. The van der Waals surface area contributed by atoms with Gasteiger partial charge in [0.15, 0.2) is 5.82 Å². The van der Waals surface area contributed by atoms with E-state index >= 15 is 0 Å². The van der Waals surface area contributed by atoms with E-state index in [0.29, 0.717) is 23.0 Å². The van der Waals surface area contributed by atoms with Crippen molar-refractivity contribution in [2.45, 2.75) is 0 Å². The number of para-hydroxylation sites is 1. The van der Waals surface area contributed by atoms with Gasteiger partial charge in [-0.15, -0.1) is 0 Å². The molecule has 0 aliphatic heterocycles. The first-order valence-electron chi connectivity index (χ1n) is 9.12. The molecule has 4 aromatic rings. The van der Waals surface area contributed by atoms with Crippen molar-refractivity contribution in [2.75, 3.05) is 19.5 Å². The second kappa shape index (κ2) is 8.12. The normalized spacial score (nSPS) is 10.6. The molecule has 30 heavy (non-hydrogen) atoms. The van der Waals surface area contributed by atoms with Gasteiger partial charge < -0.3 is 19.4 Å². The Morgan fingerprint density at radius 3 is 2.50 bits per heavy atom. The number of rotatable bonds is 6. The SMILES string of the molecule is COc1ccc(OC)c(NC(=O)c2cnn(-c3ccccc3F)c2-n2cccc2)c1. The van der Waals surface area contributed by atoms with Crippen LogP contribution in [0, 0.1) is 5.82 Å². The molecule has 0 aliphatic rings. The van der Waals surface area contributed by atoms with E-state index in [1.54, 1.807) is 53.4 Å². The molecule has 0 saturated carbocycles. The Balaban J connectivity index is 1.79. The van der Waals surface area contributed by atoms with Gasteiger partial charge in [0.25, 0.3) is 5.91 Å². The summed E-state index contributed by atoms with van der Waals surface area (Å²) in [7, 11) is 3.05. The van der Waals surface area contributed by atoms with Gasteiger partial charge in [-0.25, -0.2) is 9.07 Å². The van der Waals surface area contributed by atoms with Crippen LogP contribution in [0.4, 0.5) is 10.1 Å². The number of carbonyl (C=O) groups excluding carboxylic acids is 1. The Kier molecular flexibility index (Phi) is 5.21. The molecule has 0 atom stereocenters. The molecule has 2 aromatic heterocycles. The van der Waals surface area contributed by atoms with Crippen molar-refractivity contribution in [2.24, 2.45) is 0 Å². The lowest BCUT2D eigenvalue weighted by Gasteiger charge is -2.13. The number of halogens is 1. The Bertz CT molecular complexity index is 1190. The second-order valence-corrected chi connectivity index (χ2v) is 6.36. The summed E-state index contributed by atoms with van der Waals surface area (Å²) < 4.78 is 28.1. The highest BCUT2D eigenvalue weighted by Crippen LogP contribution is 2.30. The fourth-order valence-corrected chi connectivity index (χ4v) is 3.13. The number of nitrogens with one attached hydrogen (secondary N) is 1. The van der Waals surface area contributed by atoms with Gasteiger partial charge in [-0.3, -0.25) is 4.79 Å². The summed E-state index contributed by atoms with van der Waals surface area (Å²) in [6.07, 6.45) is 4.93. The minimum absolute atomic E-state index is 0.235. The maximum absolute atomic E-state index is 14.4. The summed E-state index contributed by atoms with van der Waals surface area (Å²) in [6, 6.07) is 15.0. The fraction of sp³-hybridized carbons (Fsp3) is 0.0909. The molecule has 2 aromatic carbocycles. The molecule has 0 unspecified atom stereocenters. The summed E-state index contributed by atoms with van der Waals surface area (Å²) >= 11 is 0. The molecule has 152 valence electrons. The number of carbonyl (C=O) groups is 1. The molecular formula is C22H19FN4O3. The van der Waals surface area contributed by atoms with E-state index in [1.165, 1.54) is 31.2 Å². The molecule has 0 fully saturated rings. The standard InChI is InChI=1S/C22H19FN4O3/c1-29-15-9-10-20(30-2)18(13-15)25-21(28)16-14-24-27(19-8-4-3-7-17(19)23)22(16)26-11-5-6-12-26/h3-14H,1-2H3,(H,25,28). The second-order valence-electron chi connectivity index (χ2n) is 6.36. The van der Waals surface area contributed by atoms with Crippen molar-refractivity contribution in [3.63, 3.8) is 0 Å². The van der Waals surface area contributed by atoms with E-state index in [1.807, 2.05) is 12.1 Å². The van der Waals surface area contributed by atoms with E-state index in [0.717, 1.165) is 0 Å². The largest absolute Gasteiger partial charge is 0.497 e. The minimum Gasteiger partial charge on any atom is -0.497 e. The summed E-state index contributed by atoms with van der Waals surface area (Å²) in [5.74, 6) is 0.583. The van der Waals surface area contributed by atoms with Gasteiger partial charge in [0.05, 0.1) is 26.1 Å². The van der Waals surface area contributed by atoms with E-state index in [9.17, 15) is 9.18 Å². The van der Waals surface area contributed by atoms with Crippen LogP contribution in [0.5, 0.6) is 11.5 Å². The Hall–Kier alpha value is -4.07. The van der Waals surface area contributed by atoms with Gasteiger partial charge in [0.2, 0.25) is 0 Å². The van der Waals surface area contributed by atoms with Crippen LogP contribution in [0.1, 0.15) is 10.4 Å². The maximum atomic E-state index is 14.4. The molecule has 0 radical (unpaired) electrons. The number of anilines is 1. The van der Waals surface area contributed by atoms with Crippen molar-refractivity contribution >= 4 is 11.6 Å². The molecule has 0 bridgehead atoms. The summed E-state index contributed by atoms with van der Waals surface area (Å²) in [6.45, 7) is 0. The molecule has 1 amide bonds. The third-order valence-corrected chi connectivity index (χ3v) is 4.57. The Labute approximate surface area is 172 Å². The van der Waals surface area contributed by atoms with Crippen molar-refractivity contribution < 1.29 is 18.7 Å². The zero-order chi connectivity index (χ0) is 21.1. The third-order valence-electron chi connectivity index (χ3n) is 4.57. The average molecular weight is 406 g/mol. The van der Waals surface area contributed by atoms with Gasteiger partial charge >= 0.3 is 0 Å². The zero-order valence-corrected chi connectivity index (χ0v) is 16.4. The lowest BCUT2D eigenvalue weighted by atomic mass is 10.2. The predicted molar refractivity (Wildman–Crippen MR) is 110 cm³/mol. The lowest BCUT2D eigenvalue weighted by molar-refractivity contribution is 0.102. The van der Waals surface area contributed by atoms with Crippen LogP contribution in [0.3, 0.4) is 0 Å². The molecule has 0 spiro atoms. The van der Waals surface area contributed by atoms with Crippen molar-refractivity contribution in [1.29, 1.82) is 0 Å². The van der Waals surface area contributed by atoms with Crippen LogP contribution >= 0.6 is 0 Å². The van der Waals surface area contributed by atoms with Crippen molar-refractivity contribution in [3.8, 4) is 23.0 Å². The molecule has 1 N–H and O–H groups in total. The quantitative estimate of drug-likeness (QED) is 0.524. The lowest BCUT2D eigenvalue weighted by Crippen LogP contribution is -2.16. The fourth-order valence-electron chi connectivity index (χ4n) is 3.13. The average Bonchev–Trinajstić information content (AvgIpc) is 3.43. The number of ether oxygens (including phenoxy) is 2. The van der Waals surface area contributed by atoms with Crippen LogP contribution in [0.15, 0.2) is 73.2 Å². The van der Waals surface area contributed by atoms with Crippen molar-refractivity contribution in [3.05, 3.63) is 84.6 Å². The smallest absolute Gasteiger partial charge is 0.261 e. The highest BCUT2D eigenvalue weighted by molar-refractivity contribution is 6.07. The number of benzene rings is 2. The molecule has 0 aliphatic carbocycles. The predicted octanol–water partition coefficient (Wildman–Crippen LogP) is 4.07. The van der Waals surface area contributed by atoms with Gasteiger partial charge in [0, 0.05) is 18.5 Å². The molecule has 7 nitrogen and oxygen atoms in total. The van der Waals surface area contributed by atoms with E-state index < -0.39 is 11.7 Å². The van der Waals surface area contributed by atoms with Gasteiger partial charge in [0.1, 0.15) is 28.6 Å². The van der Waals surface area contributed by atoms with Crippen LogP contribution in [-0.4, -0.2) is 34.5 Å². The monoisotopic (exact) mass is 406 g/mol. The minimum atomic E-state index is -0.449. The van der Waals surface area contributed by atoms with Gasteiger partial charge in [-0.2, -0.15) is 5.10 Å². The van der Waals surface area contributed by atoms with E-state index in [4.69, 9.17) is 9.47 Å². The number of aromatic nitrogens is 3.